The van der Waals surface area contributed by atoms with Gasteiger partial charge in [0, 0.05) is 12.0 Å². The Bertz CT molecular complexity index is 243. The third-order valence-electron chi connectivity index (χ3n) is 1.23. The van der Waals surface area contributed by atoms with Crippen LogP contribution in [0.2, 0.25) is 0 Å². The van der Waals surface area contributed by atoms with Crippen molar-refractivity contribution in [1.82, 2.24) is 5.32 Å². The summed E-state index contributed by atoms with van der Waals surface area (Å²) in [5.41, 5.74) is 0. The number of hydrogen-bond donors (Lipinski definition) is 2. The van der Waals surface area contributed by atoms with Crippen LogP contribution in [-0.4, -0.2) is 17.1 Å². The molecule has 0 unspecified atom stereocenters. The lowest BCUT2D eigenvalue weighted by atomic mass is 10.5. The van der Waals surface area contributed by atoms with Gasteiger partial charge >= 0.3 is 0 Å². The number of allylic oxidation sites excluding steroid dienone is 1. The molecule has 0 bridgehead atoms. The third-order valence-corrected chi connectivity index (χ3v) is 1.23. The van der Waals surface area contributed by atoms with Gasteiger partial charge in [-0.05, 0) is 25.3 Å². The van der Waals surface area contributed by atoms with Crippen molar-refractivity contribution in [3.63, 3.8) is 0 Å². The van der Waals surface area contributed by atoms with Gasteiger partial charge in [0.2, 0.25) is 0 Å². The van der Waals surface area contributed by atoms with E-state index in [1.807, 2.05) is 0 Å². The van der Waals surface area contributed by atoms with Gasteiger partial charge in [0.1, 0.15) is 0 Å². The summed E-state index contributed by atoms with van der Waals surface area (Å²) in [4.78, 5) is 10.8. The van der Waals surface area contributed by atoms with Gasteiger partial charge in [0.25, 0.3) is 5.91 Å². The predicted molar refractivity (Wildman–Crippen MR) is 40.7 cm³/mol. The maximum atomic E-state index is 10.8. The molecular weight excluding hydrogens is 142 g/mol. The highest BCUT2D eigenvalue weighted by atomic mass is 16.3. The molecule has 0 aromatic heterocycles. The van der Waals surface area contributed by atoms with Gasteiger partial charge in [-0.1, -0.05) is 0 Å². The van der Waals surface area contributed by atoms with Crippen LogP contribution in [0.4, 0.5) is 0 Å². The van der Waals surface area contributed by atoms with E-state index in [-0.39, 0.29) is 11.7 Å². The molecule has 0 aliphatic heterocycles. The normalized spacial score (nSPS) is 14.5. The van der Waals surface area contributed by atoms with E-state index in [0.29, 0.717) is 6.04 Å². The summed E-state index contributed by atoms with van der Waals surface area (Å²) < 4.78 is 0. The number of amides is 1. The molecule has 0 radical (unpaired) electrons. The molecule has 0 heterocycles. The van der Waals surface area contributed by atoms with E-state index in [1.54, 1.807) is 0 Å². The Hall–Kier alpha value is -1.43. The number of carbonyl (C=O) groups is 1. The first kappa shape index (κ1) is 7.67. The van der Waals surface area contributed by atoms with Crippen molar-refractivity contribution in [3.05, 3.63) is 12.3 Å². The van der Waals surface area contributed by atoms with E-state index in [0.717, 1.165) is 12.8 Å². The van der Waals surface area contributed by atoms with E-state index in [4.69, 9.17) is 5.11 Å². The molecule has 2 N–H and O–H groups in total. The van der Waals surface area contributed by atoms with Crippen molar-refractivity contribution in [2.45, 2.75) is 18.9 Å². The average Bonchev–Trinajstić information content (AvgIpc) is 2.67. The zero-order valence-electron chi connectivity index (χ0n) is 6.05. The summed E-state index contributed by atoms with van der Waals surface area (Å²) in [7, 11) is 0. The van der Waals surface area contributed by atoms with Gasteiger partial charge in [0.15, 0.2) is 5.76 Å². The van der Waals surface area contributed by atoms with E-state index < -0.39 is 0 Å². The Labute approximate surface area is 65.1 Å². The van der Waals surface area contributed by atoms with Crippen LogP contribution >= 0.6 is 0 Å². The van der Waals surface area contributed by atoms with Crippen molar-refractivity contribution in [3.8, 4) is 11.8 Å². The Kier molecular flexibility index (Phi) is 2.17. The van der Waals surface area contributed by atoms with Crippen LogP contribution in [0.5, 0.6) is 0 Å². The van der Waals surface area contributed by atoms with Gasteiger partial charge in [0.05, 0.1) is 0 Å². The van der Waals surface area contributed by atoms with Crippen molar-refractivity contribution < 1.29 is 9.90 Å². The van der Waals surface area contributed by atoms with Crippen LogP contribution in [0.3, 0.4) is 0 Å². The summed E-state index contributed by atoms with van der Waals surface area (Å²) in [6, 6.07) is 0.309. The molecule has 0 spiro atoms. The van der Waals surface area contributed by atoms with Gasteiger partial charge in [-0.25, -0.2) is 0 Å². The Morgan fingerprint density at radius 3 is 2.64 bits per heavy atom. The minimum absolute atomic E-state index is 0.282. The molecule has 11 heavy (non-hydrogen) atoms. The Morgan fingerprint density at radius 2 is 2.18 bits per heavy atom. The maximum absolute atomic E-state index is 10.8. The lowest BCUT2D eigenvalue weighted by molar-refractivity contribution is -0.115. The molecule has 0 saturated heterocycles. The van der Waals surface area contributed by atoms with Crippen LogP contribution in [0.25, 0.3) is 0 Å². The van der Waals surface area contributed by atoms with E-state index in [9.17, 15) is 4.79 Å². The standard InChI is InChI=1S/C8H9NO2/c1-6(10)2-5-8(11)9-7-3-4-7/h7,10H,1,3-4H2,(H,9,11). The number of nitrogens with one attached hydrogen (secondary N) is 1. The molecule has 1 rings (SSSR count). The van der Waals surface area contributed by atoms with Crippen LogP contribution in [0, 0.1) is 11.8 Å². The summed E-state index contributed by atoms with van der Waals surface area (Å²) in [6.45, 7) is 3.12. The topological polar surface area (TPSA) is 49.3 Å². The van der Waals surface area contributed by atoms with Crippen LogP contribution in [0.1, 0.15) is 12.8 Å². The molecule has 0 aromatic carbocycles. The van der Waals surface area contributed by atoms with Gasteiger partial charge in [-0.2, -0.15) is 0 Å². The first-order valence-electron chi connectivity index (χ1n) is 3.39. The second-order valence-corrected chi connectivity index (χ2v) is 2.44. The number of rotatable bonds is 1. The Morgan fingerprint density at radius 1 is 1.55 bits per heavy atom. The fourth-order valence-corrected chi connectivity index (χ4v) is 0.578. The molecule has 1 fully saturated rings. The SMILES string of the molecule is C=C(O)C#CC(=O)NC1CC1. The molecule has 58 valence electrons. The highest BCUT2D eigenvalue weighted by molar-refractivity contribution is 5.94. The number of hydrogen-bond acceptors (Lipinski definition) is 2. The second kappa shape index (κ2) is 3.11. The van der Waals surface area contributed by atoms with Crippen LogP contribution in [0.15, 0.2) is 12.3 Å². The van der Waals surface area contributed by atoms with Crippen LogP contribution in [-0.2, 0) is 4.79 Å². The van der Waals surface area contributed by atoms with Gasteiger partial charge < -0.3 is 10.4 Å². The fourth-order valence-electron chi connectivity index (χ4n) is 0.578. The highest BCUT2D eigenvalue weighted by Gasteiger charge is 2.22. The van der Waals surface area contributed by atoms with Crippen molar-refractivity contribution in [2.24, 2.45) is 0 Å². The van der Waals surface area contributed by atoms with Gasteiger partial charge in [-0.15, -0.1) is 0 Å². The first-order valence-corrected chi connectivity index (χ1v) is 3.39. The monoisotopic (exact) mass is 151 g/mol. The maximum Gasteiger partial charge on any atom is 0.296 e. The third kappa shape index (κ3) is 3.31. The Balaban J connectivity index is 2.31. The summed E-state index contributed by atoms with van der Waals surface area (Å²) in [6.07, 6.45) is 2.07. The molecule has 3 heteroatoms. The minimum Gasteiger partial charge on any atom is -0.501 e. The average molecular weight is 151 g/mol. The van der Waals surface area contributed by atoms with Crippen LogP contribution < -0.4 is 5.32 Å². The number of carbonyl (C=O) groups excluding carboxylic acids is 1. The number of aliphatic hydroxyl groups is 1. The second-order valence-electron chi connectivity index (χ2n) is 2.44. The van der Waals surface area contributed by atoms with E-state index in [1.165, 1.54) is 0 Å². The lowest BCUT2D eigenvalue weighted by Crippen LogP contribution is -2.23. The van der Waals surface area contributed by atoms with Gasteiger partial charge in [-0.3, -0.25) is 4.79 Å². The van der Waals surface area contributed by atoms with Crippen molar-refractivity contribution in [2.75, 3.05) is 0 Å². The lowest BCUT2D eigenvalue weighted by Gasteiger charge is -1.92. The number of aliphatic hydroxyl groups excluding tert-OH is 1. The molecule has 1 saturated carbocycles. The first-order chi connectivity index (χ1) is 5.18. The molecule has 0 aromatic rings. The summed E-state index contributed by atoms with van der Waals surface area (Å²) in [5, 5.41) is 11.1. The predicted octanol–water partition coefficient (Wildman–Crippen LogP) is 0.340. The molecule has 3 nitrogen and oxygen atoms in total. The zero-order valence-corrected chi connectivity index (χ0v) is 6.05. The minimum atomic E-state index is -0.345. The quantitative estimate of drug-likeness (QED) is 0.419. The summed E-state index contributed by atoms with van der Waals surface area (Å²) >= 11 is 0. The molecule has 1 aliphatic rings. The van der Waals surface area contributed by atoms with Crippen molar-refractivity contribution in [1.29, 1.82) is 0 Å². The highest BCUT2D eigenvalue weighted by Crippen LogP contribution is 2.17. The van der Waals surface area contributed by atoms with E-state index >= 15 is 0 Å². The fraction of sp³-hybridized carbons (Fsp3) is 0.375. The summed E-state index contributed by atoms with van der Waals surface area (Å²) in [5.74, 6) is 3.76. The van der Waals surface area contributed by atoms with E-state index in [2.05, 4.69) is 23.7 Å². The molecular formula is C8H9NO2. The molecule has 1 amide bonds. The largest absolute Gasteiger partial charge is 0.501 e. The molecule has 0 atom stereocenters. The van der Waals surface area contributed by atoms with Crippen molar-refractivity contribution >= 4 is 5.91 Å². The smallest absolute Gasteiger partial charge is 0.296 e. The molecule has 1 aliphatic carbocycles. The zero-order chi connectivity index (χ0) is 8.27.